The fourth-order valence-corrected chi connectivity index (χ4v) is 3.27. The van der Waals surface area contributed by atoms with E-state index in [1.165, 1.54) is 17.4 Å². The second-order valence-corrected chi connectivity index (χ2v) is 5.56. The Morgan fingerprint density at radius 2 is 2.28 bits per heavy atom. The summed E-state index contributed by atoms with van der Waals surface area (Å²) >= 11 is 4.74. The van der Waals surface area contributed by atoms with E-state index >= 15 is 0 Å². The third kappa shape index (κ3) is 2.61. The van der Waals surface area contributed by atoms with Gasteiger partial charge in [-0.15, -0.1) is 11.3 Å². The van der Waals surface area contributed by atoms with Gasteiger partial charge >= 0.3 is 0 Å². The number of nitrogens with zero attached hydrogens (tertiary/aromatic N) is 1. The number of thiazole rings is 1. The molecule has 0 radical (unpaired) electrons. The number of methoxy groups -OCH3 is 1. The summed E-state index contributed by atoms with van der Waals surface area (Å²) in [5, 5.41) is 0.618. The first-order valence-corrected chi connectivity index (χ1v) is 6.90. The molecule has 0 saturated carbocycles. The molecule has 3 nitrogen and oxygen atoms in total. The number of benzene rings is 1. The molecule has 0 fully saturated rings. The van der Waals surface area contributed by atoms with Crippen molar-refractivity contribution in [2.24, 2.45) is 5.73 Å². The number of hydrogen-bond acceptors (Lipinski definition) is 4. The van der Waals surface area contributed by atoms with Crippen molar-refractivity contribution in [2.45, 2.75) is 13.2 Å². The van der Waals surface area contributed by atoms with Crippen LogP contribution in [0.3, 0.4) is 0 Å². The number of rotatable bonds is 4. The van der Waals surface area contributed by atoms with Gasteiger partial charge in [-0.3, -0.25) is 0 Å². The van der Waals surface area contributed by atoms with Gasteiger partial charge in [-0.2, -0.15) is 0 Å². The lowest BCUT2D eigenvalue weighted by molar-refractivity contribution is 0.181. The normalized spacial score (nSPS) is 10.9. The molecule has 0 aliphatic carbocycles. The van der Waals surface area contributed by atoms with Crippen LogP contribution < -0.4 is 5.73 Å². The lowest BCUT2D eigenvalue weighted by Crippen LogP contribution is -1.99. The van der Waals surface area contributed by atoms with E-state index in [0.717, 1.165) is 10.6 Å². The molecule has 1 aromatic carbocycles. The van der Waals surface area contributed by atoms with Crippen LogP contribution in [0.2, 0.25) is 0 Å². The highest BCUT2D eigenvalue weighted by Gasteiger charge is 2.16. The molecule has 0 saturated heterocycles. The van der Waals surface area contributed by atoms with Crippen LogP contribution in [0.15, 0.2) is 22.7 Å². The second-order valence-electron chi connectivity index (χ2n) is 3.62. The summed E-state index contributed by atoms with van der Waals surface area (Å²) in [6, 6.07) is 4.86. The van der Waals surface area contributed by atoms with Gasteiger partial charge in [-0.25, -0.2) is 9.37 Å². The lowest BCUT2D eigenvalue weighted by atomic mass is 10.2. The van der Waals surface area contributed by atoms with Gasteiger partial charge in [0.15, 0.2) is 0 Å². The molecule has 2 aromatic rings. The van der Waals surface area contributed by atoms with Crippen LogP contribution in [-0.2, 0) is 17.9 Å². The molecular formula is C12H12BrFN2OS. The predicted molar refractivity (Wildman–Crippen MR) is 73.8 cm³/mol. The molecule has 0 aliphatic heterocycles. The smallest absolute Gasteiger partial charge is 0.134 e. The summed E-state index contributed by atoms with van der Waals surface area (Å²) in [6.45, 7) is 0.761. The quantitative estimate of drug-likeness (QED) is 0.935. The topological polar surface area (TPSA) is 48.1 Å². The molecule has 0 aliphatic rings. The van der Waals surface area contributed by atoms with Crippen molar-refractivity contribution >= 4 is 27.3 Å². The Labute approximate surface area is 117 Å². The summed E-state index contributed by atoms with van der Waals surface area (Å²) in [5.74, 6) is -0.300. The molecule has 0 spiro atoms. The van der Waals surface area contributed by atoms with Crippen LogP contribution >= 0.6 is 27.3 Å². The third-order valence-corrected chi connectivity index (χ3v) is 4.22. The molecule has 6 heteroatoms. The third-order valence-electron chi connectivity index (χ3n) is 2.42. The van der Waals surface area contributed by atoms with Crippen molar-refractivity contribution in [3.05, 3.63) is 39.1 Å². The van der Waals surface area contributed by atoms with Crippen molar-refractivity contribution in [2.75, 3.05) is 7.11 Å². The van der Waals surface area contributed by atoms with Crippen LogP contribution in [0.25, 0.3) is 10.6 Å². The van der Waals surface area contributed by atoms with Crippen molar-refractivity contribution in [1.82, 2.24) is 4.98 Å². The summed E-state index contributed by atoms with van der Waals surface area (Å²) in [7, 11) is 1.60. The van der Waals surface area contributed by atoms with Gasteiger partial charge in [0, 0.05) is 23.0 Å². The summed E-state index contributed by atoms with van der Waals surface area (Å²) in [6.07, 6.45) is 0. The fraction of sp³-hybridized carbons (Fsp3) is 0.250. The number of ether oxygens (including phenoxy) is 1. The van der Waals surface area contributed by atoms with Crippen molar-refractivity contribution < 1.29 is 9.13 Å². The summed E-state index contributed by atoms with van der Waals surface area (Å²) in [5.41, 5.74) is 6.90. The van der Waals surface area contributed by atoms with E-state index in [2.05, 4.69) is 20.9 Å². The van der Waals surface area contributed by atoms with Crippen molar-refractivity contribution in [3.63, 3.8) is 0 Å². The fourth-order valence-electron chi connectivity index (χ4n) is 1.60. The van der Waals surface area contributed by atoms with Gasteiger partial charge in [0.1, 0.15) is 10.8 Å². The van der Waals surface area contributed by atoms with Gasteiger partial charge < -0.3 is 10.5 Å². The minimum Gasteiger partial charge on any atom is -0.378 e. The summed E-state index contributed by atoms with van der Waals surface area (Å²) < 4.78 is 19.6. The SMILES string of the molecule is COCc1nc(-c2c(F)cccc2Br)sc1CN. The van der Waals surface area contributed by atoms with E-state index in [9.17, 15) is 4.39 Å². The standard InChI is InChI=1S/C12H12BrFN2OS/c1-17-6-9-10(5-15)18-12(16-9)11-7(13)3-2-4-8(11)14/h2-4H,5-6,15H2,1H3. The minimum atomic E-state index is -0.300. The molecule has 0 atom stereocenters. The van der Waals surface area contributed by atoms with E-state index < -0.39 is 0 Å². The maximum atomic E-state index is 13.8. The summed E-state index contributed by atoms with van der Waals surface area (Å²) in [4.78, 5) is 5.32. The molecule has 0 bridgehead atoms. The Bertz CT molecular complexity index is 539. The Hall–Kier alpha value is -0.820. The van der Waals surface area contributed by atoms with Crippen LogP contribution in [0.4, 0.5) is 4.39 Å². The van der Waals surface area contributed by atoms with E-state index in [1.54, 1.807) is 19.2 Å². The molecular weight excluding hydrogens is 319 g/mol. The van der Waals surface area contributed by atoms with E-state index in [0.29, 0.717) is 28.2 Å². The average molecular weight is 331 g/mol. The van der Waals surface area contributed by atoms with Gasteiger partial charge in [-0.05, 0) is 28.1 Å². The van der Waals surface area contributed by atoms with Gasteiger partial charge in [0.2, 0.25) is 0 Å². The predicted octanol–water partition coefficient (Wildman–Crippen LogP) is 3.32. The first kappa shape index (κ1) is 13.6. The van der Waals surface area contributed by atoms with Crippen LogP contribution in [-0.4, -0.2) is 12.1 Å². The first-order valence-electron chi connectivity index (χ1n) is 5.29. The number of nitrogens with two attached hydrogens (primary N) is 1. The minimum absolute atomic E-state index is 0.300. The molecule has 0 amide bonds. The molecule has 0 unspecified atom stereocenters. The van der Waals surface area contributed by atoms with Crippen LogP contribution in [0.5, 0.6) is 0 Å². The molecule has 2 rings (SSSR count). The zero-order valence-electron chi connectivity index (χ0n) is 9.74. The van der Waals surface area contributed by atoms with Gasteiger partial charge in [-0.1, -0.05) is 6.07 Å². The monoisotopic (exact) mass is 330 g/mol. The second kappa shape index (κ2) is 5.88. The molecule has 18 heavy (non-hydrogen) atoms. The molecule has 1 heterocycles. The zero-order valence-corrected chi connectivity index (χ0v) is 12.1. The zero-order chi connectivity index (χ0) is 13.1. The first-order chi connectivity index (χ1) is 8.67. The Morgan fingerprint density at radius 1 is 1.50 bits per heavy atom. The van der Waals surface area contributed by atoms with Gasteiger partial charge in [0.25, 0.3) is 0 Å². The maximum absolute atomic E-state index is 13.8. The highest BCUT2D eigenvalue weighted by atomic mass is 79.9. The van der Waals surface area contributed by atoms with Crippen LogP contribution in [0.1, 0.15) is 10.6 Å². The number of hydrogen-bond donors (Lipinski definition) is 1. The Balaban J connectivity index is 2.51. The molecule has 96 valence electrons. The Kier molecular flexibility index (Phi) is 4.45. The van der Waals surface area contributed by atoms with Crippen LogP contribution in [0, 0.1) is 5.82 Å². The number of halogens is 2. The lowest BCUT2D eigenvalue weighted by Gasteiger charge is -2.01. The van der Waals surface area contributed by atoms with Crippen molar-refractivity contribution in [3.8, 4) is 10.6 Å². The Morgan fingerprint density at radius 3 is 2.89 bits per heavy atom. The maximum Gasteiger partial charge on any atom is 0.134 e. The largest absolute Gasteiger partial charge is 0.378 e. The molecule has 1 aromatic heterocycles. The van der Waals surface area contributed by atoms with E-state index in [4.69, 9.17) is 10.5 Å². The average Bonchev–Trinajstić information content (AvgIpc) is 2.72. The highest BCUT2D eigenvalue weighted by molar-refractivity contribution is 9.10. The van der Waals surface area contributed by atoms with E-state index in [-0.39, 0.29) is 5.82 Å². The highest BCUT2D eigenvalue weighted by Crippen LogP contribution is 2.35. The number of aromatic nitrogens is 1. The van der Waals surface area contributed by atoms with E-state index in [1.807, 2.05) is 0 Å². The van der Waals surface area contributed by atoms with Crippen molar-refractivity contribution in [1.29, 1.82) is 0 Å². The van der Waals surface area contributed by atoms with Gasteiger partial charge in [0.05, 0.1) is 17.9 Å². The molecule has 2 N–H and O–H groups in total.